The van der Waals surface area contributed by atoms with Gasteiger partial charge >= 0.3 is 0 Å². The van der Waals surface area contributed by atoms with Crippen LogP contribution >= 0.6 is 0 Å². The fraction of sp³-hybridized carbons (Fsp3) is 0.375. The molecule has 0 unspecified atom stereocenters. The monoisotopic (exact) mass is 138 g/mol. The van der Waals surface area contributed by atoms with E-state index in [2.05, 4.69) is 23.3 Å². The van der Waals surface area contributed by atoms with Gasteiger partial charge in [0.1, 0.15) is 0 Å². The SMILES string of the molecule is CCNCc1cccnc1.[HH]. The van der Waals surface area contributed by atoms with Crippen LogP contribution < -0.4 is 5.32 Å². The van der Waals surface area contributed by atoms with Gasteiger partial charge in [0.15, 0.2) is 0 Å². The first kappa shape index (κ1) is 7.22. The van der Waals surface area contributed by atoms with Crippen LogP contribution in [0.3, 0.4) is 0 Å². The zero-order valence-electron chi connectivity index (χ0n) is 6.17. The van der Waals surface area contributed by atoms with E-state index in [9.17, 15) is 0 Å². The van der Waals surface area contributed by atoms with Crippen LogP contribution in [-0.2, 0) is 6.54 Å². The minimum atomic E-state index is 0. The Hall–Kier alpha value is -0.890. The van der Waals surface area contributed by atoms with Crippen molar-refractivity contribution in [1.82, 2.24) is 10.3 Å². The molecule has 1 aromatic heterocycles. The van der Waals surface area contributed by atoms with Crippen LogP contribution in [0.25, 0.3) is 0 Å². The van der Waals surface area contributed by atoms with Gasteiger partial charge in [-0.25, -0.2) is 0 Å². The van der Waals surface area contributed by atoms with Crippen molar-refractivity contribution in [2.45, 2.75) is 13.5 Å². The van der Waals surface area contributed by atoms with Crippen LogP contribution in [0.1, 0.15) is 13.9 Å². The van der Waals surface area contributed by atoms with Gasteiger partial charge in [-0.3, -0.25) is 4.98 Å². The largest absolute Gasteiger partial charge is 0.313 e. The molecule has 0 amide bonds. The fourth-order valence-corrected chi connectivity index (χ4v) is 0.772. The van der Waals surface area contributed by atoms with E-state index in [0.717, 1.165) is 13.1 Å². The summed E-state index contributed by atoms with van der Waals surface area (Å²) in [5.74, 6) is 0. The molecule has 0 bridgehead atoms. The van der Waals surface area contributed by atoms with Crippen molar-refractivity contribution < 1.29 is 1.43 Å². The maximum absolute atomic E-state index is 4.00. The van der Waals surface area contributed by atoms with Crippen LogP contribution in [-0.4, -0.2) is 11.5 Å². The second kappa shape index (κ2) is 4.01. The third-order valence-corrected chi connectivity index (χ3v) is 1.30. The number of nitrogens with one attached hydrogen (secondary N) is 1. The van der Waals surface area contributed by atoms with Crippen LogP contribution in [0.15, 0.2) is 24.5 Å². The summed E-state index contributed by atoms with van der Waals surface area (Å²) in [4.78, 5) is 4.00. The van der Waals surface area contributed by atoms with E-state index in [0.29, 0.717) is 0 Å². The molecule has 0 fully saturated rings. The molecular weight excluding hydrogens is 124 g/mol. The predicted molar refractivity (Wildman–Crippen MR) is 43.7 cm³/mol. The first-order valence-electron chi connectivity index (χ1n) is 3.53. The number of pyridine rings is 1. The summed E-state index contributed by atoms with van der Waals surface area (Å²) in [6.45, 7) is 4.02. The number of nitrogens with zero attached hydrogens (tertiary/aromatic N) is 1. The van der Waals surface area contributed by atoms with Gasteiger partial charge in [0, 0.05) is 20.4 Å². The molecule has 1 rings (SSSR count). The Morgan fingerprint density at radius 3 is 3.20 bits per heavy atom. The molecular formula is C8H14N2. The van der Waals surface area contributed by atoms with Crippen molar-refractivity contribution >= 4 is 0 Å². The van der Waals surface area contributed by atoms with Crippen LogP contribution in [0, 0.1) is 0 Å². The van der Waals surface area contributed by atoms with E-state index >= 15 is 0 Å². The summed E-state index contributed by atoms with van der Waals surface area (Å²) in [6, 6.07) is 4.02. The predicted octanol–water partition coefficient (Wildman–Crippen LogP) is 1.44. The van der Waals surface area contributed by atoms with Gasteiger partial charge in [-0.05, 0) is 18.2 Å². The van der Waals surface area contributed by atoms with Gasteiger partial charge in [-0.15, -0.1) is 0 Å². The second-order valence-electron chi connectivity index (χ2n) is 2.14. The average molecular weight is 138 g/mol. The number of hydrogen-bond acceptors (Lipinski definition) is 2. The first-order chi connectivity index (χ1) is 4.93. The van der Waals surface area contributed by atoms with Crippen molar-refractivity contribution in [2.24, 2.45) is 0 Å². The molecule has 1 N–H and O–H groups in total. The Kier molecular flexibility index (Phi) is 2.90. The van der Waals surface area contributed by atoms with E-state index < -0.39 is 0 Å². The van der Waals surface area contributed by atoms with Gasteiger partial charge < -0.3 is 5.32 Å². The Labute approximate surface area is 62.8 Å². The molecule has 56 valence electrons. The quantitative estimate of drug-likeness (QED) is 0.683. The van der Waals surface area contributed by atoms with Crippen molar-refractivity contribution in [3.05, 3.63) is 30.1 Å². The number of hydrogen-bond donors (Lipinski definition) is 1. The Morgan fingerprint density at radius 2 is 2.60 bits per heavy atom. The van der Waals surface area contributed by atoms with Crippen molar-refractivity contribution in [3.63, 3.8) is 0 Å². The molecule has 1 heterocycles. The highest BCUT2D eigenvalue weighted by Crippen LogP contribution is 1.92. The topological polar surface area (TPSA) is 24.9 Å². The normalized spacial score (nSPS) is 9.70. The first-order valence-corrected chi connectivity index (χ1v) is 3.53. The third-order valence-electron chi connectivity index (χ3n) is 1.30. The van der Waals surface area contributed by atoms with Gasteiger partial charge in [0.25, 0.3) is 0 Å². The highest BCUT2D eigenvalue weighted by atomic mass is 14.8. The molecule has 10 heavy (non-hydrogen) atoms. The summed E-state index contributed by atoms with van der Waals surface area (Å²) < 4.78 is 0. The molecule has 0 saturated heterocycles. The molecule has 0 saturated carbocycles. The van der Waals surface area contributed by atoms with E-state index in [1.807, 2.05) is 12.3 Å². The van der Waals surface area contributed by atoms with Gasteiger partial charge in [0.2, 0.25) is 0 Å². The molecule has 0 aliphatic heterocycles. The van der Waals surface area contributed by atoms with Crippen LogP contribution in [0.4, 0.5) is 0 Å². The molecule has 0 radical (unpaired) electrons. The fourth-order valence-electron chi connectivity index (χ4n) is 0.772. The third kappa shape index (κ3) is 2.15. The van der Waals surface area contributed by atoms with Crippen LogP contribution in [0.5, 0.6) is 0 Å². The second-order valence-corrected chi connectivity index (χ2v) is 2.14. The Morgan fingerprint density at radius 1 is 1.70 bits per heavy atom. The smallest absolute Gasteiger partial charge is 0.0312 e. The van der Waals surface area contributed by atoms with E-state index in [1.165, 1.54) is 5.56 Å². The minimum Gasteiger partial charge on any atom is -0.313 e. The van der Waals surface area contributed by atoms with Crippen molar-refractivity contribution in [3.8, 4) is 0 Å². The van der Waals surface area contributed by atoms with E-state index in [-0.39, 0.29) is 1.43 Å². The lowest BCUT2D eigenvalue weighted by molar-refractivity contribution is 0.724. The van der Waals surface area contributed by atoms with E-state index in [1.54, 1.807) is 6.20 Å². The van der Waals surface area contributed by atoms with E-state index in [4.69, 9.17) is 0 Å². The molecule has 0 aliphatic carbocycles. The summed E-state index contributed by atoms with van der Waals surface area (Å²) in [7, 11) is 0. The molecule has 0 atom stereocenters. The summed E-state index contributed by atoms with van der Waals surface area (Å²) in [6.07, 6.45) is 3.66. The van der Waals surface area contributed by atoms with Crippen LogP contribution in [0.2, 0.25) is 0 Å². The highest BCUT2D eigenvalue weighted by Gasteiger charge is 1.86. The molecule has 0 aliphatic rings. The van der Waals surface area contributed by atoms with Gasteiger partial charge in [0.05, 0.1) is 0 Å². The Balaban J connectivity index is 0.000001000. The lowest BCUT2D eigenvalue weighted by atomic mass is 10.3. The number of rotatable bonds is 3. The zero-order valence-corrected chi connectivity index (χ0v) is 6.17. The molecule has 0 aromatic carbocycles. The molecule has 2 nitrogen and oxygen atoms in total. The molecule has 0 spiro atoms. The summed E-state index contributed by atoms with van der Waals surface area (Å²) >= 11 is 0. The summed E-state index contributed by atoms with van der Waals surface area (Å²) in [5.41, 5.74) is 1.24. The maximum atomic E-state index is 4.00. The maximum Gasteiger partial charge on any atom is 0.0312 e. The molecule has 1 aromatic rings. The minimum absolute atomic E-state index is 0. The molecule has 2 heteroatoms. The lowest BCUT2D eigenvalue weighted by Gasteiger charge is -1.98. The average Bonchev–Trinajstić information content (AvgIpc) is 2.03. The highest BCUT2D eigenvalue weighted by molar-refractivity contribution is 5.07. The standard InChI is InChI=1S/C8H12N2.H2/c1-2-9-6-8-4-3-5-10-7-8;/h3-5,7,9H,2,6H2,1H3;1H. The van der Waals surface area contributed by atoms with Crippen molar-refractivity contribution in [1.29, 1.82) is 0 Å². The summed E-state index contributed by atoms with van der Waals surface area (Å²) in [5, 5.41) is 3.22. The zero-order chi connectivity index (χ0) is 7.23. The number of aromatic nitrogens is 1. The van der Waals surface area contributed by atoms with Crippen molar-refractivity contribution in [2.75, 3.05) is 6.54 Å². The Bertz CT molecular complexity index is 177. The van der Waals surface area contributed by atoms with Gasteiger partial charge in [-0.2, -0.15) is 0 Å². The van der Waals surface area contributed by atoms with Gasteiger partial charge in [-0.1, -0.05) is 13.0 Å². The lowest BCUT2D eigenvalue weighted by Crippen LogP contribution is -2.11.